The maximum atomic E-state index is 11.4. The maximum Gasteiger partial charge on any atom is 0.339 e. The molecular formula is C11H13NO3S. The first-order valence-corrected chi connectivity index (χ1v) is 5.39. The number of hydrogen-bond acceptors (Lipinski definition) is 5. The Kier molecular flexibility index (Phi) is 4.85. The van der Waals surface area contributed by atoms with E-state index in [0.29, 0.717) is 11.5 Å². The molecule has 0 amide bonds. The molecule has 4 nitrogen and oxygen atoms in total. The van der Waals surface area contributed by atoms with Gasteiger partial charge in [0.25, 0.3) is 0 Å². The minimum absolute atomic E-state index is 0.367. The number of carbonyl (C=O) groups excluding carboxylic acids is 1. The maximum absolute atomic E-state index is 11.4. The highest BCUT2D eigenvalue weighted by Gasteiger charge is 2.11. The average molecular weight is 239 g/mol. The lowest BCUT2D eigenvalue weighted by Gasteiger charge is -2.04. The van der Waals surface area contributed by atoms with Gasteiger partial charge in [-0.15, -0.1) is 0 Å². The Morgan fingerprint density at radius 3 is 2.56 bits per heavy atom. The molecule has 0 saturated carbocycles. The average Bonchev–Trinajstić information content (AvgIpc) is 2.35. The standard InChI is InChI=1S/C11H13NO3S/c1-8(14-2)12-16-10-7-5-4-6-9(10)11(13)15-3/h4-7H,1-3H3/b12-8+. The Balaban J connectivity index is 2.91. The highest BCUT2D eigenvalue weighted by atomic mass is 32.2. The molecular weight excluding hydrogens is 226 g/mol. The molecule has 16 heavy (non-hydrogen) atoms. The van der Waals surface area contributed by atoms with E-state index in [1.807, 2.05) is 12.1 Å². The number of rotatable bonds is 3. The van der Waals surface area contributed by atoms with Crippen molar-refractivity contribution < 1.29 is 14.3 Å². The van der Waals surface area contributed by atoms with Crippen LogP contribution in [0.2, 0.25) is 0 Å². The van der Waals surface area contributed by atoms with Gasteiger partial charge in [-0.1, -0.05) is 12.1 Å². The molecule has 0 atom stereocenters. The Hall–Kier alpha value is -1.49. The molecule has 0 aliphatic rings. The Bertz CT molecular complexity index is 404. The van der Waals surface area contributed by atoms with Gasteiger partial charge in [0.1, 0.15) is 0 Å². The summed E-state index contributed by atoms with van der Waals surface area (Å²) in [5.41, 5.74) is 0.502. The van der Waals surface area contributed by atoms with Crippen LogP contribution in [0, 0.1) is 0 Å². The molecule has 0 aliphatic heterocycles. The van der Waals surface area contributed by atoms with E-state index in [1.54, 1.807) is 26.2 Å². The molecule has 1 rings (SSSR count). The lowest BCUT2D eigenvalue weighted by Crippen LogP contribution is -2.02. The lowest BCUT2D eigenvalue weighted by molar-refractivity contribution is 0.0597. The summed E-state index contributed by atoms with van der Waals surface area (Å²) in [5.74, 6) is 0.179. The van der Waals surface area contributed by atoms with E-state index in [0.717, 1.165) is 4.90 Å². The van der Waals surface area contributed by atoms with Gasteiger partial charge in [-0.25, -0.2) is 4.79 Å². The van der Waals surface area contributed by atoms with E-state index in [2.05, 4.69) is 9.13 Å². The van der Waals surface area contributed by atoms with Crippen molar-refractivity contribution in [2.24, 2.45) is 4.40 Å². The number of carbonyl (C=O) groups is 1. The van der Waals surface area contributed by atoms with Crippen molar-refractivity contribution in [2.45, 2.75) is 11.8 Å². The SMILES string of the molecule is COC(=O)c1ccccc1S/N=C(\C)OC. The summed E-state index contributed by atoms with van der Waals surface area (Å²) in [6.45, 7) is 1.74. The van der Waals surface area contributed by atoms with E-state index in [9.17, 15) is 4.79 Å². The summed E-state index contributed by atoms with van der Waals surface area (Å²) in [5, 5.41) is 0. The Morgan fingerprint density at radius 2 is 1.94 bits per heavy atom. The molecule has 0 bridgehead atoms. The third-order valence-corrected chi connectivity index (χ3v) is 2.76. The smallest absolute Gasteiger partial charge is 0.339 e. The highest BCUT2D eigenvalue weighted by molar-refractivity contribution is 7.98. The van der Waals surface area contributed by atoms with Gasteiger partial charge in [0.15, 0.2) is 5.90 Å². The molecule has 1 aromatic carbocycles. The van der Waals surface area contributed by atoms with Crippen LogP contribution in [0.5, 0.6) is 0 Å². The molecule has 0 radical (unpaired) electrons. The number of methoxy groups -OCH3 is 2. The second kappa shape index (κ2) is 6.17. The zero-order valence-corrected chi connectivity index (χ0v) is 10.2. The lowest BCUT2D eigenvalue weighted by atomic mass is 10.2. The van der Waals surface area contributed by atoms with Crippen LogP contribution >= 0.6 is 11.9 Å². The van der Waals surface area contributed by atoms with Crippen molar-refractivity contribution in [2.75, 3.05) is 14.2 Å². The van der Waals surface area contributed by atoms with Crippen LogP contribution in [0.25, 0.3) is 0 Å². The van der Waals surface area contributed by atoms with Crippen LogP contribution in [0.3, 0.4) is 0 Å². The predicted octanol–water partition coefficient (Wildman–Crippen LogP) is 2.55. The van der Waals surface area contributed by atoms with Crippen LogP contribution in [0.1, 0.15) is 17.3 Å². The van der Waals surface area contributed by atoms with Crippen LogP contribution in [-0.4, -0.2) is 26.1 Å². The molecule has 0 unspecified atom stereocenters. The van der Waals surface area contributed by atoms with Gasteiger partial charge in [-0.3, -0.25) is 0 Å². The fraction of sp³-hybridized carbons (Fsp3) is 0.273. The Labute approximate surface area is 98.8 Å². The van der Waals surface area contributed by atoms with Gasteiger partial charge in [-0.05, 0) is 12.1 Å². The summed E-state index contributed by atoms with van der Waals surface area (Å²) in [7, 11) is 2.90. The van der Waals surface area contributed by atoms with Crippen molar-refractivity contribution in [3.05, 3.63) is 29.8 Å². The van der Waals surface area contributed by atoms with E-state index in [-0.39, 0.29) is 5.97 Å². The zero-order valence-electron chi connectivity index (χ0n) is 9.39. The van der Waals surface area contributed by atoms with Gasteiger partial charge in [0, 0.05) is 23.8 Å². The van der Waals surface area contributed by atoms with Crippen LogP contribution in [0.4, 0.5) is 0 Å². The Morgan fingerprint density at radius 1 is 1.25 bits per heavy atom. The van der Waals surface area contributed by atoms with Gasteiger partial charge >= 0.3 is 5.97 Å². The van der Waals surface area contributed by atoms with Crippen LogP contribution in [0.15, 0.2) is 33.6 Å². The zero-order chi connectivity index (χ0) is 12.0. The molecule has 0 aromatic heterocycles. The predicted molar refractivity (Wildman–Crippen MR) is 63.8 cm³/mol. The molecule has 0 saturated heterocycles. The number of ether oxygens (including phenoxy) is 2. The number of nitrogens with zero attached hydrogens (tertiary/aromatic N) is 1. The van der Waals surface area contributed by atoms with Crippen molar-refractivity contribution in [1.82, 2.24) is 0 Å². The van der Waals surface area contributed by atoms with Gasteiger partial charge < -0.3 is 9.47 Å². The first kappa shape index (κ1) is 12.6. The summed E-state index contributed by atoms with van der Waals surface area (Å²) in [6.07, 6.45) is 0. The normalized spacial score (nSPS) is 11.1. The van der Waals surface area contributed by atoms with Crippen molar-refractivity contribution in [3.8, 4) is 0 Å². The highest BCUT2D eigenvalue weighted by Crippen LogP contribution is 2.24. The largest absolute Gasteiger partial charge is 0.484 e. The fourth-order valence-electron chi connectivity index (χ4n) is 0.976. The third-order valence-electron chi connectivity index (χ3n) is 1.86. The van der Waals surface area contributed by atoms with E-state index < -0.39 is 0 Å². The van der Waals surface area contributed by atoms with E-state index in [1.165, 1.54) is 19.1 Å². The molecule has 86 valence electrons. The second-order valence-electron chi connectivity index (χ2n) is 2.89. The minimum atomic E-state index is -0.367. The van der Waals surface area contributed by atoms with Crippen molar-refractivity contribution in [3.63, 3.8) is 0 Å². The third kappa shape index (κ3) is 3.27. The molecule has 1 aromatic rings. The van der Waals surface area contributed by atoms with Gasteiger partial charge in [0.05, 0.1) is 19.8 Å². The molecule has 0 aliphatic carbocycles. The minimum Gasteiger partial charge on any atom is -0.484 e. The van der Waals surface area contributed by atoms with Crippen LogP contribution < -0.4 is 0 Å². The van der Waals surface area contributed by atoms with Gasteiger partial charge in [0.2, 0.25) is 0 Å². The fourth-order valence-corrected chi connectivity index (χ4v) is 1.67. The number of esters is 1. The quantitative estimate of drug-likeness (QED) is 0.352. The van der Waals surface area contributed by atoms with E-state index >= 15 is 0 Å². The van der Waals surface area contributed by atoms with E-state index in [4.69, 9.17) is 4.74 Å². The van der Waals surface area contributed by atoms with Gasteiger partial charge in [-0.2, -0.15) is 4.40 Å². The molecule has 0 N–H and O–H groups in total. The summed E-state index contributed by atoms with van der Waals surface area (Å²) < 4.78 is 13.7. The summed E-state index contributed by atoms with van der Waals surface area (Å²) >= 11 is 1.19. The van der Waals surface area contributed by atoms with Crippen LogP contribution in [-0.2, 0) is 9.47 Å². The molecule has 0 heterocycles. The number of benzene rings is 1. The van der Waals surface area contributed by atoms with Crippen molar-refractivity contribution in [1.29, 1.82) is 0 Å². The monoisotopic (exact) mass is 239 g/mol. The molecule has 0 fully saturated rings. The second-order valence-corrected chi connectivity index (χ2v) is 3.70. The van der Waals surface area contributed by atoms with Crippen molar-refractivity contribution >= 4 is 23.8 Å². The summed E-state index contributed by atoms with van der Waals surface area (Å²) in [6, 6.07) is 7.13. The number of hydrogen-bond donors (Lipinski definition) is 0. The summed E-state index contributed by atoms with van der Waals surface area (Å²) in [4.78, 5) is 12.2. The topological polar surface area (TPSA) is 47.9 Å². The first-order valence-electron chi connectivity index (χ1n) is 4.62. The molecule has 0 spiro atoms. The first-order chi connectivity index (χ1) is 7.69. The molecule has 5 heteroatoms.